The Kier molecular flexibility index (Phi) is 5.83. The lowest BCUT2D eigenvalue weighted by Gasteiger charge is -2.23. The first kappa shape index (κ1) is 13.9. The van der Waals surface area contributed by atoms with Gasteiger partial charge in [-0.15, -0.1) is 0 Å². The topological polar surface area (TPSA) is 38.0 Å². The van der Waals surface area contributed by atoms with E-state index in [-0.39, 0.29) is 6.04 Å². The first-order valence-corrected chi connectivity index (χ1v) is 8.89. The van der Waals surface area contributed by atoms with Crippen LogP contribution >= 0.6 is 39.0 Å². The van der Waals surface area contributed by atoms with Gasteiger partial charge in [-0.25, -0.2) is 0 Å². The zero-order valence-corrected chi connectivity index (χ0v) is 13.0. The van der Waals surface area contributed by atoms with Crippen molar-refractivity contribution in [2.75, 3.05) is 5.75 Å². The number of thioether (sulfide) groups is 1. The monoisotopic (exact) mass is 334 g/mol. The van der Waals surface area contributed by atoms with Gasteiger partial charge in [0.15, 0.2) is 0 Å². The first-order chi connectivity index (χ1) is 8.31. The third-order valence-corrected chi connectivity index (χ3v) is 6.49. The van der Waals surface area contributed by atoms with Gasteiger partial charge in [-0.1, -0.05) is 19.3 Å². The van der Waals surface area contributed by atoms with Crippen LogP contribution in [0.15, 0.2) is 15.2 Å². The standard InChI is InChI=1S/C12H19BrN2S2/c13-11-7-16-6-10(11)12(15-14)8-17-9-4-2-1-3-5-9/h6-7,9,12,15H,1-5,8,14H2. The Bertz CT molecular complexity index is 337. The molecule has 0 saturated heterocycles. The van der Waals surface area contributed by atoms with Gasteiger partial charge in [-0.05, 0) is 39.7 Å². The van der Waals surface area contributed by atoms with Crippen molar-refractivity contribution in [1.29, 1.82) is 0 Å². The van der Waals surface area contributed by atoms with E-state index < -0.39 is 0 Å². The number of rotatable bonds is 5. The number of hydrazine groups is 1. The molecule has 0 radical (unpaired) electrons. The summed E-state index contributed by atoms with van der Waals surface area (Å²) < 4.78 is 1.18. The predicted molar refractivity (Wildman–Crippen MR) is 81.4 cm³/mol. The molecule has 17 heavy (non-hydrogen) atoms. The summed E-state index contributed by atoms with van der Waals surface area (Å²) in [6, 6.07) is 0.266. The largest absolute Gasteiger partial charge is 0.271 e. The molecule has 0 bridgehead atoms. The summed E-state index contributed by atoms with van der Waals surface area (Å²) in [5.74, 6) is 6.73. The number of hydrogen-bond donors (Lipinski definition) is 2. The van der Waals surface area contributed by atoms with Crippen LogP contribution in [0.3, 0.4) is 0 Å². The zero-order valence-electron chi connectivity index (χ0n) is 9.82. The molecule has 1 fully saturated rings. The fraction of sp³-hybridized carbons (Fsp3) is 0.667. The highest BCUT2D eigenvalue weighted by molar-refractivity contribution is 9.10. The van der Waals surface area contributed by atoms with Gasteiger partial charge in [0.25, 0.3) is 0 Å². The van der Waals surface area contributed by atoms with Gasteiger partial charge in [0.05, 0.1) is 6.04 Å². The molecule has 1 atom stereocenters. The molecule has 3 N–H and O–H groups in total. The molecule has 2 rings (SSSR count). The molecular weight excluding hydrogens is 316 g/mol. The van der Waals surface area contributed by atoms with Crippen LogP contribution in [-0.4, -0.2) is 11.0 Å². The van der Waals surface area contributed by atoms with E-state index in [1.54, 1.807) is 11.3 Å². The van der Waals surface area contributed by atoms with Crippen LogP contribution in [0.2, 0.25) is 0 Å². The molecule has 0 aromatic carbocycles. The molecule has 1 saturated carbocycles. The van der Waals surface area contributed by atoms with E-state index >= 15 is 0 Å². The average Bonchev–Trinajstić information content (AvgIpc) is 2.78. The van der Waals surface area contributed by atoms with Crippen molar-refractivity contribution < 1.29 is 0 Å². The van der Waals surface area contributed by atoms with Crippen molar-refractivity contribution in [1.82, 2.24) is 5.43 Å². The molecule has 5 heteroatoms. The Labute approximate surface area is 120 Å². The molecular formula is C12H19BrN2S2. The lowest BCUT2D eigenvalue weighted by atomic mass is 10.0. The van der Waals surface area contributed by atoms with Crippen LogP contribution in [0, 0.1) is 0 Å². The molecule has 1 aliphatic carbocycles. The highest BCUT2D eigenvalue weighted by atomic mass is 79.9. The zero-order chi connectivity index (χ0) is 12.1. The van der Waals surface area contributed by atoms with E-state index in [1.807, 2.05) is 0 Å². The van der Waals surface area contributed by atoms with Crippen LogP contribution < -0.4 is 11.3 Å². The Morgan fingerprint density at radius 2 is 2.18 bits per heavy atom. The molecule has 1 aromatic rings. The van der Waals surface area contributed by atoms with Crippen LogP contribution in [0.1, 0.15) is 43.7 Å². The third kappa shape index (κ3) is 3.96. The second-order valence-corrected chi connectivity index (χ2v) is 7.42. The summed E-state index contributed by atoms with van der Waals surface area (Å²) in [6.07, 6.45) is 6.99. The minimum Gasteiger partial charge on any atom is -0.271 e. The Morgan fingerprint density at radius 1 is 1.41 bits per heavy atom. The van der Waals surface area contributed by atoms with Gasteiger partial charge in [0, 0.05) is 20.9 Å². The number of nitrogens with two attached hydrogens (primary N) is 1. The van der Waals surface area contributed by atoms with Crippen molar-refractivity contribution in [2.24, 2.45) is 5.84 Å². The average molecular weight is 335 g/mol. The third-order valence-electron chi connectivity index (χ3n) is 3.27. The van der Waals surface area contributed by atoms with Gasteiger partial charge in [0.1, 0.15) is 0 Å². The summed E-state index contributed by atoms with van der Waals surface area (Å²) in [5.41, 5.74) is 4.23. The molecule has 0 aliphatic heterocycles. The van der Waals surface area contributed by atoms with E-state index in [4.69, 9.17) is 5.84 Å². The maximum atomic E-state index is 5.67. The lowest BCUT2D eigenvalue weighted by Crippen LogP contribution is -2.30. The molecule has 2 nitrogen and oxygen atoms in total. The van der Waals surface area contributed by atoms with Crippen LogP contribution in [0.4, 0.5) is 0 Å². The van der Waals surface area contributed by atoms with Crippen molar-refractivity contribution in [3.8, 4) is 0 Å². The second-order valence-electron chi connectivity index (χ2n) is 4.49. The molecule has 1 heterocycles. The molecule has 1 aliphatic rings. The predicted octanol–water partition coefficient (Wildman–Crippen LogP) is 4.08. The fourth-order valence-electron chi connectivity index (χ4n) is 2.23. The van der Waals surface area contributed by atoms with E-state index in [0.717, 1.165) is 11.0 Å². The van der Waals surface area contributed by atoms with Crippen LogP contribution in [0.25, 0.3) is 0 Å². The Balaban J connectivity index is 1.85. The normalized spacial score (nSPS) is 19.4. The van der Waals surface area contributed by atoms with Crippen molar-refractivity contribution in [3.05, 3.63) is 20.8 Å². The summed E-state index contributed by atoms with van der Waals surface area (Å²) in [7, 11) is 0. The van der Waals surface area contributed by atoms with E-state index in [1.165, 1.54) is 42.1 Å². The van der Waals surface area contributed by atoms with Gasteiger partial charge in [0.2, 0.25) is 0 Å². The molecule has 0 spiro atoms. The number of thiophene rings is 1. The Morgan fingerprint density at radius 3 is 2.76 bits per heavy atom. The maximum Gasteiger partial charge on any atom is 0.0569 e. The highest BCUT2D eigenvalue weighted by Gasteiger charge is 2.18. The van der Waals surface area contributed by atoms with Crippen LogP contribution in [-0.2, 0) is 0 Å². The highest BCUT2D eigenvalue weighted by Crippen LogP contribution is 2.33. The Hall–Kier alpha value is 0.450. The summed E-state index contributed by atoms with van der Waals surface area (Å²) in [6.45, 7) is 0. The smallest absolute Gasteiger partial charge is 0.0569 e. The molecule has 96 valence electrons. The van der Waals surface area contributed by atoms with Crippen molar-refractivity contribution in [2.45, 2.75) is 43.4 Å². The molecule has 1 aromatic heterocycles. The van der Waals surface area contributed by atoms with Gasteiger partial charge < -0.3 is 0 Å². The maximum absolute atomic E-state index is 5.67. The number of hydrogen-bond acceptors (Lipinski definition) is 4. The fourth-order valence-corrected chi connectivity index (χ4v) is 5.27. The summed E-state index contributed by atoms with van der Waals surface area (Å²) in [5, 5.41) is 5.14. The number of halogens is 1. The van der Waals surface area contributed by atoms with Gasteiger partial charge >= 0.3 is 0 Å². The van der Waals surface area contributed by atoms with Gasteiger partial charge in [-0.2, -0.15) is 23.1 Å². The van der Waals surface area contributed by atoms with Gasteiger partial charge in [-0.3, -0.25) is 11.3 Å². The summed E-state index contributed by atoms with van der Waals surface area (Å²) >= 11 is 7.38. The molecule has 0 amide bonds. The minimum absolute atomic E-state index is 0.266. The molecule has 1 unspecified atom stereocenters. The van der Waals surface area contributed by atoms with Crippen molar-refractivity contribution in [3.63, 3.8) is 0 Å². The lowest BCUT2D eigenvalue weighted by molar-refractivity contribution is 0.514. The summed E-state index contributed by atoms with van der Waals surface area (Å²) in [4.78, 5) is 0. The number of nitrogens with one attached hydrogen (secondary N) is 1. The van der Waals surface area contributed by atoms with E-state index in [2.05, 4.69) is 43.9 Å². The van der Waals surface area contributed by atoms with Crippen LogP contribution in [0.5, 0.6) is 0 Å². The SMILES string of the molecule is NNC(CSC1CCCCC1)c1cscc1Br. The second kappa shape index (κ2) is 7.14. The quantitative estimate of drug-likeness (QED) is 0.629. The van der Waals surface area contributed by atoms with Crippen molar-refractivity contribution >= 4 is 39.0 Å². The van der Waals surface area contributed by atoms with E-state index in [9.17, 15) is 0 Å². The van der Waals surface area contributed by atoms with E-state index in [0.29, 0.717) is 0 Å². The minimum atomic E-state index is 0.266. The first-order valence-electron chi connectivity index (χ1n) is 6.10.